The Kier molecular flexibility index (Phi) is 5.64. The van der Waals surface area contributed by atoms with Crippen LogP contribution in [-0.4, -0.2) is 18.0 Å². The number of nitrogens with one attached hydrogen (secondary N) is 1. The zero-order chi connectivity index (χ0) is 17.5. The average Bonchev–Trinajstić information content (AvgIpc) is 3.18. The van der Waals surface area contributed by atoms with Gasteiger partial charge < -0.3 is 14.8 Å². The maximum Gasteiger partial charge on any atom is 0.251 e. The van der Waals surface area contributed by atoms with Crippen LogP contribution in [0.25, 0.3) is 0 Å². The topological polar surface area (TPSA) is 60.5 Å². The molecule has 1 N–H and O–H groups in total. The molecule has 1 amide bonds. The van der Waals surface area contributed by atoms with Crippen molar-refractivity contribution in [1.82, 2.24) is 10.3 Å². The summed E-state index contributed by atoms with van der Waals surface area (Å²) in [4.78, 5) is 16.5. The Bertz CT molecular complexity index is 820. The lowest BCUT2D eigenvalue weighted by Crippen LogP contribution is -2.22. The molecule has 1 heterocycles. The second kappa shape index (κ2) is 8.30. The molecule has 0 atom stereocenters. The summed E-state index contributed by atoms with van der Waals surface area (Å²) in [5, 5.41) is 4.82. The normalized spacial score (nSPS) is 10.3. The highest BCUT2D eigenvalue weighted by atomic mass is 32.1. The molecule has 0 aliphatic rings. The summed E-state index contributed by atoms with van der Waals surface area (Å²) in [6.07, 6.45) is 0. The Morgan fingerprint density at radius 2 is 2.00 bits per heavy atom. The predicted molar refractivity (Wildman–Crippen MR) is 97.1 cm³/mol. The molecule has 0 radical (unpaired) electrons. The Morgan fingerprint density at radius 3 is 2.72 bits per heavy atom. The second-order valence-corrected chi connectivity index (χ2v) is 6.02. The fourth-order valence-electron chi connectivity index (χ4n) is 2.27. The number of ether oxygens (including phenoxy) is 2. The maximum absolute atomic E-state index is 12.3. The predicted octanol–water partition coefficient (Wildman–Crippen LogP) is 3.66. The minimum Gasteiger partial charge on any atom is -0.493 e. The molecule has 0 aliphatic heterocycles. The third kappa shape index (κ3) is 4.58. The van der Waals surface area contributed by atoms with Crippen LogP contribution in [0.1, 0.15) is 21.6 Å². The summed E-state index contributed by atoms with van der Waals surface area (Å²) in [6, 6.07) is 14.9. The zero-order valence-electron chi connectivity index (χ0n) is 13.8. The number of hydrogen-bond donors (Lipinski definition) is 1. The van der Waals surface area contributed by atoms with Gasteiger partial charge in [-0.05, 0) is 23.8 Å². The van der Waals surface area contributed by atoms with Gasteiger partial charge in [-0.15, -0.1) is 11.3 Å². The lowest BCUT2D eigenvalue weighted by molar-refractivity contribution is 0.0950. The van der Waals surface area contributed by atoms with Crippen LogP contribution in [-0.2, 0) is 13.2 Å². The van der Waals surface area contributed by atoms with Gasteiger partial charge in [-0.3, -0.25) is 4.79 Å². The van der Waals surface area contributed by atoms with Crippen LogP contribution in [0.3, 0.4) is 0 Å². The zero-order valence-corrected chi connectivity index (χ0v) is 14.6. The van der Waals surface area contributed by atoms with Gasteiger partial charge in [0.2, 0.25) is 0 Å². The van der Waals surface area contributed by atoms with Crippen molar-refractivity contribution in [1.29, 1.82) is 0 Å². The molecular formula is C19H18N2O3S. The van der Waals surface area contributed by atoms with Crippen molar-refractivity contribution in [3.63, 3.8) is 0 Å². The van der Waals surface area contributed by atoms with Crippen LogP contribution in [0.4, 0.5) is 0 Å². The van der Waals surface area contributed by atoms with Gasteiger partial charge in [-0.1, -0.05) is 30.3 Å². The maximum atomic E-state index is 12.3. The fourth-order valence-corrected chi connectivity index (χ4v) is 2.81. The van der Waals surface area contributed by atoms with Crippen molar-refractivity contribution >= 4 is 17.2 Å². The minimum absolute atomic E-state index is 0.159. The van der Waals surface area contributed by atoms with Gasteiger partial charge in [-0.2, -0.15) is 0 Å². The molecule has 3 aromatic rings. The number of rotatable bonds is 7. The summed E-state index contributed by atoms with van der Waals surface area (Å²) >= 11 is 1.52. The van der Waals surface area contributed by atoms with E-state index in [-0.39, 0.29) is 5.91 Å². The minimum atomic E-state index is -0.159. The first-order valence-corrected chi connectivity index (χ1v) is 8.70. The van der Waals surface area contributed by atoms with E-state index in [4.69, 9.17) is 9.47 Å². The molecule has 0 saturated heterocycles. The van der Waals surface area contributed by atoms with Gasteiger partial charge in [0, 0.05) is 17.5 Å². The van der Waals surface area contributed by atoms with E-state index in [2.05, 4.69) is 10.3 Å². The number of amides is 1. The highest BCUT2D eigenvalue weighted by Gasteiger charge is 2.11. The second-order valence-electron chi connectivity index (χ2n) is 5.30. The largest absolute Gasteiger partial charge is 0.493 e. The molecule has 25 heavy (non-hydrogen) atoms. The molecule has 0 spiro atoms. The molecular weight excluding hydrogens is 336 g/mol. The third-order valence-electron chi connectivity index (χ3n) is 3.58. The molecule has 128 valence electrons. The number of carbonyl (C=O) groups excluding carboxylic acids is 1. The Labute approximate surface area is 150 Å². The molecule has 0 bridgehead atoms. The van der Waals surface area contributed by atoms with E-state index >= 15 is 0 Å². The number of carbonyl (C=O) groups is 1. The Morgan fingerprint density at radius 1 is 1.16 bits per heavy atom. The monoisotopic (exact) mass is 354 g/mol. The van der Waals surface area contributed by atoms with Gasteiger partial charge in [-0.25, -0.2) is 4.98 Å². The highest BCUT2D eigenvalue weighted by molar-refractivity contribution is 7.07. The SMILES string of the molecule is COc1cc(C(=O)NCc2ccccc2)ccc1OCc1cscn1. The van der Waals surface area contributed by atoms with Crippen molar-refractivity contribution < 1.29 is 14.3 Å². The summed E-state index contributed by atoms with van der Waals surface area (Å²) in [7, 11) is 1.55. The quantitative estimate of drug-likeness (QED) is 0.703. The Balaban J connectivity index is 1.64. The van der Waals surface area contributed by atoms with Crippen molar-refractivity contribution in [3.05, 3.63) is 76.2 Å². The van der Waals surface area contributed by atoms with E-state index in [1.165, 1.54) is 11.3 Å². The molecule has 3 rings (SSSR count). The summed E-state index contributed by atoms with van der Waals surface area (Å²) in [6.45, 7) is 0.837. The number of nitrogens with zero attached hydrogens (tertiary/aromatic N) is 1. The highest BCUT2D eigenvalue weighted by Crippen LogP contribution is 2.28. The van der Waals surface area contributed by atoms with E-state index in [1.807, 2.05) is 35.7 Å². The number of aromatic nitrogens is 1. The van der Waals surface area contributed by atoms with E-state index < -0.39 is 0 Å². The van der Waals surface area contributed by atoms with E-state index in [1.54, 1.807) is 30.8 Å². The lowest BCUT2D eigenvalue weighted by Gasteiger charge is -2.12. The van der Waals surface area contributed by atoms with Crippen LogP contribution in [0.15, 0.2) is 59.4 Å². The lowest BCUT2D eigenvalue weighted by atomic mass is 10.1. The number of thiazole rings is 1. The molecule has 1 aromatic heterocycles. The van der Waals surface area contributed by atoms with Crippen molar-refractivity contribution in [2.24, 2.45) is 0 Å². The van der Waals surface area contributed by atoms with Crippen LogP contribution in [0.5, 0.6) is 11.5 Å². The fraction of sp³-hybridized carbons (Fsp3) is 0.158. The van der Waals surface area contributed by atoms with Crippen molar-refractivity contribution in [3.8, 4) is 11.5 Å². The van der Waals surface area contributed by atoms with E-state index in [9.17, 15) is 4.79 Å². The molecule has 0 saturated carbocycles. The van der Waals surface area contributed by atoms with Crippen LogP contribution in [0.2, 0.25) is 0 Å². The third-order valence-corrected chi connectivity index (χ3v) is 4.22. The van der Waals surface area contributed by atoms with Crippen molar-refractivity contribution in [2.75, 3.05) is 7.11 Å². The van der Waals surface area contributed by atoms with Crippen LogP contribution >= 0.6 is 11.3 Å². The van der Waals surface area contributed by atoms with Gasteiger partial charge in [0.05, 0.1) is 18.3 Å². The number of benzene rings is 2. The average molecular weight is 354 g/mol. The number of methoxy groups -OCH3 is 1. The van der Waals surface area contributed by atoms with Gasteiger partial charge in [0.25, 0.3) is 5.91 Å². The molecule has 0 aliphatic carbocycles. The molecule has 5 nitrogen and oxygen atoms in total. The molecule has 2 aromatic carbocycles. The number of hydrogen-bond acceptors (Lipinski definition) is 5. The van der Waals surface area contributed by atoms with E-state index in [0.717, 1.165) is 11.3 Å². The van der Waals surface area contributed by atoms with Crippen molar-refractivity contribution in [2.45, 2.75) is 13.2 Å². The first kappa shape index (κ1) is 17.0. The molecule has 0 fully saturated rings. The molecule has 6 heteroatoms. The first-order chi connectivity index (χ1) is 12.3. The van der Waals surface area contributed by atoms with Gasteiger partial charge in [0.15, 0.2) is 11.5 Å². The summed E-state index contributed by atoms with van der Waals surface area (Å²) < 4.78 is 11.1. The van der Waals surface area contributed by atoms with E-state index in [0.29, 0.717) is 30.2 Å². The summed E-state index contributed by atoms with van der Waals surface area (Å²) in [5.41, 5.74) is 4.19. The standard InChI is InChI=1S/C19H18N2O3S/c1-23-18-9-15(19(22)20-10-14-5-3-2-4-6-14)7-8-17(18)24-11-16-12-25-13-21-16/h2-9,12-13H,10-11H2,1H3,(H,20,22). The first-order valence-electron chi connectivity index (χ1n) is 7.76. The van der Waals surface area contributed by atoms with Crippen LogP contribution in [0, 0.1) is 0 Å². The van der Waals surface area contributed by atoms with Gasteiger partial charge in [0.1, 0.15) is 6.61 Å². The van der Waals surface area contributed by atoms with Gasteiger partial charge >= 0.3 is 0 Å². The smallest absolute Gasteiger partial charge is 0.251 e. The Hall–Kier alpha value is -2.86. The van der Waals surface area contributed by atoms with Crippen LogP contribution < -0.4 is 14.8 Å². The molecule has 0 unspecified atom stereocenters. The summed E-state index contributed by atoms with van der Waals surface area (Å²) in [5.74, 6) is 0.936.